The van der Waals surface area contributed by atoms with Crippen LogP contribution in [0.2, 0.25) is 0 Å². The summed E-state index contributed by atoms with van der Waals surface area (Å²) in [7, 11) is 1.46. The molecule has 2 aliphatic heterocycles. The molecule has 3 fully saturated rings. The van der Waals surface area contributed by atoms with Crippen molar-refractivity contribution in [3.8, 4) is 11.1 Å². The minimum atomic E-state index is -0.940. The quantitative estimate of drug-likeness (QED) is 0.633. The van der Waals surface area contributed by atoms with E-state index in [2.05, 4.69) is 17.4 Å². The molecule has 0 aromatic heterocycles. The third-order valence-electron chi connectivity index (χ3n) is 7.65. The lowest BCUT2D eigenvalue weighted by atomic mass is 9.72. The maximum Gasteiger partial charge on any atom is 0.407 e. The van der Waals surface area contributed by atoms with Crippen LogP contribution in [0.1, 0.15) is 36.3 Å². The van der Waals surface area contributed by atoms with Gasteiger partial charge in [-0.2, -0.15) is 0 Å². The van der Waals surface area contributed by atoms with Gasteiger partial charge in [-0.25, -0.2) is 4.79 Å². The number of amides is 2. The van der Waals surface area contributed by atoms with Gasteiger partial charge in [0.15, 0.2) is 0 Å². The summed E-state index contributed by atoms with van der Waals surface area (Å²) >= 11 is 0. The second-order valence-electron chi connectivity index (χ2n) is 9.66. The number of carbonyl (C=O) groups is 3. The van der Waals surface area contributed by atoms with Gasteiger partial charge in [-0.15, -0.1) is 0 Å². The zero-order chi connectivity index (χ0) is 24.5. The van der Waals surface area contributed by atoms with Crippen molar-refractivity contribution in [3.63, 3.8) is 0 Å². The average molecular weight is 479 g/mol. The Morgan fingerprint density at radius 2 is 1.71 bits per heavy atom. The van der Waals surface area contributed by atoms with Gasteiger partial charge >= 0.3 is 12.1 Å². The topological polar surface area (TPSA) is 105 Å². The number of hydrogen-bond acceptors (Lipinski definition) is 5. The van der Waals surface area contributed by atoms with E-state index in [0.29, 0.717) is 19.4 Å². The average Bonchev–Trinajstić information content (AvgIpc) is 3.20. The molecule has 0 spiro atoms. The van der Waals surface area contributed by atoms with E-state index >= 15 is 0 Å². The molecule has 2 N–H and O–H groups in total. The Morgan fingerprint density at radius 3 is 2.31 bits per heavy atom. The number of hydrogen-bond donors (Lipinski definition) is 2. The molecule has 2 aromatic rings. The summed E-state index contributed by atoms with van der Waals surface area (Å²) in [5, 5.41) is 12.3. The molecule has 8 nitrogen and oxygen atoms in total. The molecule has 0 radical (unpaired) electrons. The van der Waals surface area contributed by atoms with Gasteiger partial charge in [0.05, 0.1) is 12.5 Å². The molecule has 2 aliphatic carbocycles. The van der Waals surface area contributed by atoms with Crippen LogP contribution in [0.25, 0.3) is 11.1 Å². The molecule has 2 bridgehead atoms. The van der Waals surface area contributed by atoms with Gasteiger partial charge in [0, 0.05) is 25.6 Å². The van der Waals surface area contributed by atoms with E-state index in [9.17, 15) is 19.5 Å². The van der Waals surface area contributed by atoms with E-state index in [0.717, 1.165) is 28.7 Å². The maximum atomic E-state index is 13.4. The Bertz CT molecular complexity index is 1090. The molecule has 8 heteroatoms. The first-order chi connectivity index (χ1) is 17.0. The lowest BCUT2D eigenvalue weighted by Gasteiger charge is -2.49. The van der Waals surface area contributed by atoms with Gasteiger partial charge in [-0.05, 0) is 47.4 Å². The molecular weight excluding hydrogens is 448 g/mol. The molecule has 184 valence electrons. The number of fused-ring (bicyclic) bond motifs is 6. The monoisotopic (exact) mass is 478 g/mol. The normalized spacial score (nSPS) is 23.3. The lowest BCUT2D eigenvalue weighted by molar-refractivity contribution is -0.157. The SMILES string of the molecule is COC[C@H](NC(=O)OCC1c2ccccc2-c2ccccc21)C(=O)N1CC2CCC1C(C(=O)O)C2. The van der Waals surface area contributed by atoms with E-state index in [1.165, 1.54) is 7.11 Å². The fourth-order valence-electron chi connectivity index (χ4n) is 6.04. The van der Waals surface area contributed by atoms with E-state index in [4.69, 9.17) is 9.47 Å². The van der Waals surface area contributed by atoms with E-state index in [-0.39, 0.29) is 37.0 Å². The molecule has 3 unspecified atom stereocenters. The molecule has 35 heavy (non-hydrogen) atoms. The van der Waals surface area contributed by atoms with Crippen LogP contribution >= 0.6 is 0 Å². The second-order valence-corrected chi connectivity index (χ2v) is 9.66. The molecule has 6 rings (SSSR count). The van der Waals surface area contributed by atoms with Crippen LogP contribution in [0.4, 0.5) is 4.79 Å². The molecule has 1 saturated carbocycles. The number of carboxylic acids is 1. The van der Waals surface area contributed by atoms with Crippen molar-refractivity contribution >= 4 is 18.0 Å². The molecular formula is C27H30N2O6. The summed E-state index contributed by atoms with van der Waals surface area (Å²) in [6, 6.07) is 14.9. The first-order valence-electron chi connectivity index (χ1n) is 12.1. The molecule has 4 atom stereocenters. The summed E-state index contributed by atoms with van der Waals surface area (Å²) in [4.78, 5) is 39.5. The van der Waals surface area contributed by atoms with Crippen molar-refractivity contribution in [3.05, 3.63) is 59.7 Å². The van der Waals surface area contributed by atoms with Crippen molar-refractivity contribution < 1.29 is 29.0 Å². The van der Waals surface area contributed by atoms with Crippen LogP contribution in [0, 0.1) is 11.8 Å². The van der Waals surface area contributed by atoms with Crippen LogP contribution in [-0.2, 0) is 19.1 Å². The predicted molar refractivity (Wildman–Crippen MR) is 128 cm³/mol. The standard InChI is InChI=1S/C27H30N2O6/c1-34-15-23(25(30)29-13-16-10-11-24(29)21(12-16)26(31)32)28-27(33)35-14-22-19-8-4-2-6-17(19)18-7-3-5-9-20(18)22/h2-9,16,21-24H,10-15H2,1H3,(H,28,33)(H,31,32)/t16?,21?,23-,24?/m0/s1. The van der Waals surface area contributed by atoms with Crippen molar-refractivity contribution in [2.45, 2.75) is 37.3 Å². The van der Waals surface area contributed by atoms with Gasteiger partial charge in [0.2, 0.25) is 5.91 Å². The Labute approximate surface area is 204 Å². The number of piperidine rings is 2. The number of carbonyl (C=O) groups excluding carboxylic acids is 2. The number of alkyl carbamates (subject to hydrolysis) is 1. The van der Waals surface area contributed by atoms with E-state index in [1.54, 1.807) is 4.90 Å². The fourth-order valence-corrected chi connectivity index (χ4v) is 6.04. The number of rotatable bonds is 7. The number of ether oxygens (including phenoxy) is 2. The second kappa shape index (κ2) is 9.70. The number of nitrogens with one attached hydrogen (secondary N) is 1. The fraction of sp³-hybridized carbons (Fsp3) is 0.444. The van der Waals surface area contributed by atoms with Crippen molar-refractivity contribution in [2.24, 2.45) is 11.8 Å². The molecule has 4 aliphatic rings. The first-order valence-corrected chi connectivity index (χ1v) is 12.1. The van der Waals surface area contributed by atoms with Crippen LogP contribution in [0.3, 0.4) is 0 Å². The third-order valence-corrected chi connectivity index (χ3v) is 7.65. The highest BCUT2D eigenvalue weighted by molar-refractivity contribution is 5.87. The number of methoxy groups -OCH3 is 1. The Hall–Kier alpha value is -3.39. The van der Waals surface area contributed by atoms with Gasteiger partial charge in [-0.3, -0.25) is 9.59 Å². The number of carboxylic acid groups (broad SMARTS) is 1. The summed E-state index contributed by atoms with van der Waals surface area (Å²) < 4.78 is 10.8. The smallest absolute Gasteiger partial charge is 0.407 e. The zero-order valence-electron chi connectivity index (χ0n) is 19.7. The summed E-state index contributed by atoms with van der Waals surface area (Å²) in [5.74, 6) is -1.67. The number of aliphatic carboxylic acids is 1. The largest absolute Gasteiger partial charge is 0.481 e. The molecule has 2 amide bonds. The summed E-state index contributed by atoms with van der Waals surface area (Å²) in [6.45, 7) is 0.637. The van der Waals surface area contributed by atoms with Gasteiger partial charge in [0.1, 0.15) is 12.6 Å². The highest BCUT2D eigenvalue weighted by atomic mass is 16.5. The van der Waals surface area contributed by atoms with Gasteiger partial charge in [0.25, 0.3) is 0 Å². The van der Waals surface area contributed by atoms with Crippen molar-refractivity contribution in [1.82, 2.24) is 10.2 Å². The molecule has 2 aromatic carbocycles. The number of benzene rings is 2. The first kappa shape index (κ1) is 23.4. The highest BCUT2D eigenvalue weighted by Gasteiger charge is 2.47. The van der Waals surface area contributed by atoms with Crippen LogP contribution < -0.4 is 5.32 Å². The minimum absolute atomic E-state index is 0.0192. The van der Waals surface area contributed by atoms with Crippen LogP contribution in [-0.4, -0.2) is 66.9 Å². The van der Waals surface area contributed by atoms with Crippen LogP contribution in [0.15, 0.2) is 48.5 Å². The van der Waals surface area contributed by atoms with Crippen molar-refractivity contribution in [1.29, 1.82) is 0 Å². The third kappa shape index (κ3) is 4.38. The Morgan fingerprint density at radius 1 is 1.06 bits per heavy atom. The molecule has 2 saturated heterocycles. The number of nitrogens with zero attached hydrogens (tertiary/aromatic N) is 1. The van der Waals surface area contributed by atoms with Gasteiger partial charge < -0.3 is 24.8 Å². The highest BCUT2D eigenvalue weighted by Crippen LogP contribution is 2.44. The minimum Gasteiger partial charge on any atom is -0.481 e. The lowest BCUT2D eigenvalue weighted by Crippen LogP contribution is -2.62. The predicted octanol–water partition coefficient (Wildman–Crippen LogP) is 3.25. The Balaban J connectivity index is 1.25. The van der Waals surface area contributed by atoms with Crippen molar-refractivity contribution in [2.75, 3.05) is 26.9 Å². The van der Waals surface area contributed by atoms with E-state index in [1.807, 2.05) is 36.4 Å². The van der Waals surface area contributed by atoms with Gasteiger partial charge in [-0.1, -0.05) is 48.5 Å². The van der Waals surface area contributed by atoms with Crippen LogP contribution in [0.5, 0.6) is 0 Å². The maximum absolute atomic E-state index is 13.4. The summed E-state index contributed by atoms with van der Waals surface area (Å²) in [5.41, 5.74) is 4.49. The summed E-state index contributed by atoms with van der Waals surface area (Å²) in [6.07, 6.45) is 1.49. The zero-order valence-corrected chi connectivity index (χ0v) is 19.7. The molecule has 2 heterocycles. The van der Waals surface area contributed by atoms with E-state index < -0.39 is 24.0 Å². The Kier molecular flexibility index (Phi) is 6.47.